The molecule has 1 aliphatic heterocycles. The zero-order valence-electron chi connectivity index (χ0n) is 11.9. The van der Waals surface area contributed by atoms with Gasteiger partial charge in [-0.25, -0.2) is 0 Å². The van der Waals surface area contributed by atoms with Crippen LogP contribution >= 0.6 is 11.6 Å². The van der Waals surface area contributed by atoms with Crippen LogP contribution in [0.2, 0.25) is 5.02 Å². The molecule has 0 amide bonds. The molecule has 124 valence electrons. The van der Waals surface area contributed by atoms with E-state index < -0.39 is 37.3 Å². The van der Waals surface area contributed by atoms with Crippen molar-refractivity contribution in [2.75, 3.05) is 6.61 Å². The molecule has 3 rings (SSSR count). The Labute approximate surface area is 136 Å². The van der Waals surface area contributed by atoms with Crippen molar-refractivity contribution in [3.63, 3.8) is 0 Å². The number of aliphatic hydroxyl groups excluding tert-OH is 4. The number of halogens is 1. The van der Waals surface area contributed by atoms with Gasteiger partial charge in [-0.3, -0.25) is 4.98 Å². The lowest BCUT2D eigenvalue weighted by molar-refractivity contribution is -0.277. The predicted molar refractivity (Wildman–Crippen MR) is 81.1 cm³/mol. The highest BCUT2D eigenvalue weighted by atomic mass is 35.5. The maximum atomic E-state index is 10.0. The summed E-state index contributed by atoms with van der Waals surface area (Å²) in [6.07, 6.45) is -5.16. The predicted octanol–water partition coefficient (Wildman–Crippen LogP) is 0.0669. The van der Waals surface area contributed by atoms with Crippen molar-refractivity contribution in [3.05, 3.63) is 35.5 Å². The zero-order chi connectivity index (χ0) is 16.6. The number of nitrogens with zero attached hydrogens (tertiary/aromatic N) is 1. The van der Waals surface area contributed by atoms with Crippen LogP contribution in [-0.4, -0.2) is 62.7 Å². The summed E-state index contributed by atoms with van der Waals surface area (Å²) in [4.78, 5) is 4.20. The fraction of sp³-hybridized carbons (Fsp3) is 0.400. The molecular weight excluding hydrogens is 326 g/mol. The van der Waals surface area contributed by atoms with Gasteiger partial charge in [0.25, 0.3) is 0 Å². The first kappa shape index (κ1) is 16.4. The second-order valence-electron chi connectivity index (χ2n) is 5.26. The highest BCUT2D eigenvalue weighted by Crippen LogP contribution is 2.32. The number of pyridine rings is 1. The smallest absolute Gasteiger partial charge is 0.229 e. The average Bonchev–Trinajstić information content (AvgIpc) is 2.58. The van der Waals surface area contributed by atoms with Gasteiger partial charge in [0.1, 0.15) is 35.7 Å². The number of hydrogen-bond acceptors (Lipinski definition) is 7. The van der Waals surface area contributed by atoms with E-state index in [0.29, 0.717) is 21.7 Å². The van der Waals surface area contributed by atoms with E-state index in [1.165, 1.54) is 0 Å². The monoisotopic (exact) mass is 341 g/mol. The van der Waals surface area contributed by atoms with Gasteiger partial charge in [-0.05, 0) is 24.3 Å². The number of aliphatic hydroxyl groups is 4. The molecule has 0 spiro atoms. The SMILES string of the molecule is OC[C@H]1O[C@@H](Oc2ccc(Cl)c3cccnc23)[C@H](O)[C@@H](O)[C@@H]1O. The Bertz CT molecular complexity index is 697. The minimum Gasteiger partial charge on any atom is -0.460 e. The van der Waals surface area contributed by atoms with Crippen LogP contribution < -0.4 is 4.74 Å². The first-order valence-corrected chi connectivity index (χ1v) is 7.41. The van der Waals surface area contributed by atoms with Crippen molar-refractivity contribution in [3.8, 4) is 5.75 Å². The van der Waals surface area contributed by atoms with E-state index in [-0.39, 0.29) is 0 Å². The van der Waals surface area contributed by atoms with Crippen molar-refractivity contribution in [1.82, 2.24) is 4.98 Å². The Morgan fingerprint density at radius 3 is 2.65 bits per heavy atom. The Balaban J connectivity index is 1.91. The molecule has 0 aliphatic carbocycles. The fourth-order valence-corrected chi connectivity index (χ4v) is 2.71. The normalized spacial score (nSPS) is 31.3. The van der Waals surface area contributed by atoms with E-state index in [1.54, 1.807) is 30.5 Å². The molecule has 5 atom stereocenters. The molecule has 0 saturated carbocycles. The van der Waals surface area contributed by atoms with Crippen LogP contribution in [-0.2, 0) is 4.74 Å². The summed E-state index contributed by atoms with van der Waals surface area (Å²) in [5.74, 6) is 0.300. The Morgan fingerprint density at radius 1 is 1.13 bits per heavy atom. The van der Waals surface area contributed by atoms with Gasteiger partial charge in [0.05, 0.1) is 11.6 Å². The maximum absolute atomic E-state index is 10.0. The van der Waals surface area contributed by atoms with Crippen molar-refractivity contribution >= 4 is 22.5 Å². The topological polar surface area (TPSA) is 112 Å². The summed E-state index contributed by atoms with van der Waals surface area (Å²) in [7, 11) is 0. The van der Waals surface area contributed by atoms with Gasteiger partial charge >= 0.3 is 0 Å². The van der Waals surface area contributed by atoms with Crippen LogP contribution in [0.1, 0.15) is 0 Å². The molecule has 4 N–H and O–H groups in total. The number of benzene rings is 1. The maximum Gasteiger partial charge on any atom is 0.229 e. The number of aromatic nitrogens is 1. The summed E-state index contributed by atoms with van der Waals surface area (Å²) in [6, 6.07) is 6.68. The minimum atomic E-state index is -1.50. The van der Waals surface area contributed by atoms with Gasteiger partial charge in [0, 0.05) is 11.6 Å². The van der Waals surface area contributed by atoms with Crippen LogP contribution in [0.3, 0.4) is 0 Å². The van der Waals surface area contributed by atoms with E-state index in [2.05, 4.69) is 4.98 Å². The highest BCUT2D eigenvalue weighted by molar-refractivity contribution is 6.35. The summed E-state index contributed by atoms with van der Waals surface area (Å²) in [5.41, 5.74) is 0.469. The van der Waals surface area contributed by atoms with Gasteiger partial charge in [0.2, 0.25) is 6.29 Å². The zero-order valence-corrected chi connectivity index (χ0v) is 12.7. The van der Waals surface area contributed by atoms with E-state index in [4.69, 9.17) is 21.1 Å². The molecule has 1 aromatic carbocycles. The van der Waals surface area contributed by atoms with Crippen LogP contribution in [0.4, 0.5) is 0 Å². The Kier molecular flexibility index (Phi) is 4.67. The van der Waals surface area contributed by atoms with Gasteiger partial charge in [-0.15, -0.1) is 0 Å². The van der Waals surface area contributed by atoms with Crippen molar-refractivity contribution in [2.24, 2.45) is 0 Å². The number of ether oxygens (including phenoxy) is 2. The van der Waals surface area contributed by atoms with Crippen LogP contribution in [0.5, 0.6) is 5.75 Å². The van der Waals surface area contributed by atoms with Gasteiger partial charge in [-0.2, -0.15) is 0 Å². The van der Waals surface area contributed by atoms with Crippen LogP contribution in [0.25, 0.3) is 10.9 Å². The Morgan fingerprint density at radius 2 is 1.91 bits per heavy atom. The summed E-state index contributed by atoms with van der Waals surface area (Å²) >= 11 is 6.11. The fourth-order valence-electron chi connectivity index (χ4n) is 2.50. The molecule has 0 bridgehead atoms. The first-order valence-electron chi connectivity index (χ1n) is 7.03. The second kappa shape index (κ2) is 6.56. The van der Waals surface area contributed by atoms with Gasteiger partial charge < -0.3 is 29.9 Å². The van der Waals surface area contributed by atoms with Crippen LogP contribution in [0.15, 0.2) is 30.5 Å². The van der Waals surface area contributed by atoms with Crippen molar-refractivity contribution < 1.29 is 29.9 Å². The third-order valence-electron chi connectivity index (χ3n) is 3.77. The van der Waals surface area contributed by atoms with Crippen molar-refractivity contribution in [1.29, 1.82) is 0 Å². The third kappa shape index (κ3) is 2.99. The molecule has 23 heavy (non-hydrogen) atoms. The lowest BCUT2D eigenvalue weighted by atomic mass is 9.99. The summed E-state index contributed by atoms with van der Waals surface area (Å²) < 4.78 is 10.9. The quantitative estimate of drug-likeness (QED) is 0.625. The van der Waals surface area contributed by atoms with E-state index in [1.807, 2.05) is 0 Å². The standard InChI is InChI=1S/C15H16ClNO6/c16-8-3-4-9(11-7(8)2-1-5-17-11)22-15-14(21)13(20)12(19)10(6-18)23-15/h1-5,10,12-15,18-21H,6H2/t10-,12-,13+,14-,15-/m1/s1. The summed E-state index contributed by atoms with van der Waals surface area (Å²) in [5, 5.41) is 39.9. The molecule has 7 nitrogen and oxygen atoms in total. The third-order valence-corrected chi connectivity index (χ3v) is 4.10. The first-order chi connectivity index (χ1) is 11.0. The molecule has 0 unspecified atom stereocenters. The molecular formula is C15H16ClNO6. The van der Waals surface area contributed by atoms with Gasteiger partial charge in [-0.1, -0.05) is 11.6 Å². The molecule has 1 fully saturated rings. The molecule has 2 heterocycles. The average molecular weight is 342 g/mol. The largest absolute Gasteiger partial charge is 0.460 e. The van der Waals surface area contributed by atoms with Gasteiger partial charge in [0.15, 0.2) is 0 Å². The van der Waals surface area contributed by atoms with E-state index in [0.717, 1.165) is 0 Å². The van der Waals surface area contributed by atoms with Crippen molar-refractivity contribution in [2.45, 2.75) is 30.7 Å². The molecule has 8 heteroatoms. The van der Waals surface area contributed by atoms with Crippen LogP contribution in [0, 0.1) is 0 Å². The molecule has 0 radical (unpaired) electrons. The number of rotatable bonds is 3. The second-order valence-corrected chi connectivity index (χ2v) is 5.67. The highest BCUT2D eigenvalue weighted by Gasteiger charge is 2.44. The number of fused-ring (bicyclic) bond motifs is 1. The molecule has 1 aliphatic rings. The lowest BCUT2D eigenvalue weighted by Gasteiger charge is -2.39. The summed E-state index contributed by atoms with van der Waals surface area (Å²) in [6.45, 7) is -0.523. The number of hydrogen-bond donors (Lipinski definition) is 4. The Hall–Kier alpha value is -1.48. The van der Waals surface area contributed by atoms with E-state index >= 15 is 0 Å². The lowest BCUT2D eigenvalue weighted by Crippen LogP contribution is -2.60. The minimum absolute atomic E-state index is 0.300. The van der Waals surface area contributed by atoms with E-state index in [9.17, 15) is 20.4 Å². The molecule has 2 aromatic rings. The molecule has 1 saturated heterocycles. The molecule has 1 aromatic heterocycles.